The van der Waals surface area contributed by atoms with Crippen molar-refractivity contribution >= 4 is 11.9 Å². The SMILES string of the molecule is COc1cc2c(cc1OC)[C@@H]1C[C@H](CN3C(=O)CNC3=O)CCN1CC2. The summed E-state index contributed by atoms with van der Waals surface area (Å²) in [4.78, 5) is 27.6. The van der Waals surface area contributed by atoms with Gasteiger partial charge in [-0.3, -0.25) is 14.6 Å². The molecule has 26 heavy (non-hydrogen) atoms. The van der Waals surface area contributed by atoms with Crippen molar-refractivity contribution < 1.29 is 19.1 Å². The van der Waals surface area contributed by atoms with Crippen LogP contribution in [-0.4, -0.2) is 62.1 Å². The first-order chi connectivity index (χ1) is 12.6. The molecule has 2 saturated heterocycles. The van der Waals surface area contributed by atoms with Crippen LogP contribution in [0.25, 0.3) is 0 Å². The molecule has 0 aliphatic carbocycles. The number of fused-ring (bicyclic) bond motifs is 3. The average Bonchev–Trinajstić information content (AvgIpc) is 2.98. The average molecular weight is 359 g/mol. The van der Waals surface area contributed by atoms with E-state index in [1.165, 1.54) is 16.0 Å². The third-order valence-corrected chi connectivity index (χ3v) is 5.87. The lowest BCUT2D eigenvalue weighted by Gasteiger charge is -2.44. The molecule has 3 aliphatic rings. The molecule has 0 spiro atoms. The predicted molar refractivity (Wildman–Crippen MR) is 95.4 cm³/mol. The highest BCUT2D eigenvalue weighted by Crippen LogP contribution is 2.43. The molecule has 2 fully saturated rings. The zero-order valence-corrected chi connectivity index (χ0v) is 15.3. The van der Waals surface area contributed by atoms with Crippen LogP contribution in [0.15, 0.2) is 12.1 Å². The summed E-state index contributed by atoms with van der Waals surface area (Å²) in [7, 11) is 3.32. The van der Waals surface area contributed by atoms with Gasteiger partial charge in [-0.05, 0) is 55.0 Å². The Morgan fingerprint density at radius 3 is 2.62 bits per heavy atom. The number of hydrogen-bond acceptors (Lipinski definition) is 5. The van der Waals surface area contributed by atoms with E-state index in [0.717, 1.165) is 43.9 Å². The van der Waals surface area contributed by atoms with Crippen LogP contribution in [0, 0.1) is 5.92 Å². The lowest BCUT2D eigenvalue weighted by molar-refractivity contribution is -0.125. The second kappa shape index (κ2) is 6.79. The van der Waals surface area contributed by atoms with Crippen LogP contribution < -0.4 is 14.8 Å². The standard InChI is InChI=1S/C19H25N3O4/c1-25-16-8-13-4-6-21-5-3-12(11-22-18(23)10-20-19(22)24)7-15(21)14(13)9-17(16)26-2/h8-9,12,15H,3-7,10-11H2,1-2H3,(H,20,24)/t12-,15+/m1/s1. The second-order valence-corrected chi connectivity index (χ2v) is 7.26. The fraction of sp³-hybridized carbons (Fsp3) is 0.579. The van der Waals surface area contributed by atoms with Crippen LogP contribution >= 0.6 is 0 Å². The topological polar surface area (TPSA) is 71.1 Å². The Balaban J connectivity index is 1.56. The van der Waals surface area contributed by atoms with E-state index >= 15 is 0 Å². The Bertz CT molecular complexity index is 720. The van der Waals surface area contributed by atoms with Gasteiger partial charge in [0.15, 0.2) is 11.5 Å². The number of carbonyl (C=O) groups excluding carboxylic acids is 2. The molecule has 3 heterocycles. The molecule has 7 heteroatoms. The molecular weight excluding hydrogens is 334 g/mol. The molecule has 0 unspecified atom stereocenters. The molecule has 140 valence electrons. The largest absolute Gasteiger partial charge is 0.493 e. The smallest absolute Gasteiger partial charge is 0.324 e. The molecule has 7 nitrogen and oxygen atoms in total. The summed E-state index contributed by atoms with van der Waals surface area (Å²) in [6.07, 6.45) is 2.96. The zero-order valence-electron chi connectivity index (χ0n) is 15.3. The first-order valence-corrected chi connectivity index (χ1v) is 9.17. The monoisotopic (exact) mass is 359 g/mol. The Labute approximate surface area is 153 Å². The summed E-state index contributed by atoms with van der Waals surface area (Å²) in [5, 5.41) is 2.61. The molecule has 0 bridgehead atoms. The summed E-state index contributed by atoms with van der Waals surface area (Å²) < 4.78 is 10.9. The maximum atomic E-state index is 11.9. The first kappa shape index (κ1) is 17.1. The van der Waals surface area contributed by atoms with Gasteiger partial charge in [0.25, 0.3) is 0 Å². The summed E-state index contributed by atoms with van der Waals surface area (Å²) in [6, 6.07) is 4.24. The van der Waals surface area contributed by atoms with Gasteiger partial charge in [0.05, 0.1) is 20.8 Å². The van der Waals surface area contributed by atoms with Crippen LogP contribution in [0.2, 0.25) is 0 Å². The van der Waals surface area contributed by atoms with Gasteiger partial charge >= 0.3 is 6.03 Å². The number of hydrogen-bond donors (Lipinski definition) is 1. The van der Waals surface area contributed by atoms with Gasteiger partial charge in [-0.15, -0.1) is 0 Å². The molecule has 0 saturated carbocycles. The van der Waals surface area contributed by atoms with Gasteiger partial charge in [0.2, 0.25) is 5.91 Å². The van der Waals surface area contributed by atoms with Crippen LogP contribution in [0.5, 0.6) is 11.5 Å². The van der Waals surface area contributed by atoms with Crippen LogP contribution in [-0.2, 0) is 11.2 Å². The third-order valence-electron chi connectivity index (χ3n) is 5.87. The molecule has 3 amide bonds. The van der Waals surface area contributed by atoms with Gasteiger partial charge in [-0.25, -0.2) is 4.79 Å². The molecule has 1 aromatic carbocycles. The number of nitrogens with one attached hydrogen (secondary N) is 1. The van der Waals surface area contributed by atoms with Crippen LogP contribution in [0.4, 0.5) is 4.79 Å². The van der Waals surface area contributed by atoms with Gasteiger partial charge < -0.3 is 14.8 Å². The predicted octanol–water partition coefficient (Wildman–Crippen LogP) is 1.56. The lowest BCUT2D eigenvalue weighted by Crippen LogP contribution is -2.45. The Morgan fingerprint density at radius 1 is 1.15 bits per heavy atom. The fourth-order valence-corrected chi connectivity index (χ4v) is 4.47. The van der Waals surface area contributed by atoms with Crippen molar-refractivity contribution in [3.05, 3.63) is 23.3 Å². The Morgan fingerprint density at radius 2 is 1.92 bits per heavy atom. The number of urea groups is 1. The normalized spacial score (nSPS) is 25.5. The highest BCUT2D eigenvalue weighted by atomic mass is 16.5. The summed E-state index contributed by atoms with van der Waals surface area (Å²) in [6.45, 7) is 2.66. The Hall–Kier alpha value is -2.28. The van der Waals surface area contributed by atoms with Crippen molar-refractivity contribution in [3.63, 3.8) is 0 Å². The molecular formula is C19H25N3O4. The van der Waals surface area contributed by atoms with Crippen molar-refractivity contribution in [3.8, 4) is 11.5 Å². The number of nitrogens with zero attached hydrogens (tertiary/aromatic N) is 2. The van der Waals surface area contributed by atoms with Gasteiger partial charge in [0, 0.05) is 19.1 Å². The van der Waals surface area contributed by atoms with Crippen molar-refractivity contribution in [1.82, 2.24) is 15.1 Å². The van der Waals surface area contributed by atoms with E-state index in [1.807, 2.05) is 0 Å². The van der Waals surface area contributed by atoms with Crippen molar-refractivity contribution in [1.29, 1.82) is 0 Å². The Kier molecular flexibility index (Phi) is 4.48. The van der Waals surface area contributed by atoms with E-state index in [4.69, 9.17) is 9.47 Å². The molecule has 0 aromatic heterocycles. The van der Waals surface area contributed by atoms with E-state index in [2.05, 4.69) is 22.3 Å². The molecule has 2 atom stereocenters. The van der Waals surface area contributed by atoms with Gasteiger partial charge in [-0.2, -0.15) is 0 Å². The second-order valence-electron chi connectivity index (χ2n) is 7.26. The summed E-state index contributed by atoms with van der Waals surface area (Å²) >= 11 is 0. The first-order valence-electron chi connectivity index (χ1n) is 9.17. The zero-order chi connectivity index (χ0) is 18.3. The minimum absolute atomic E-state index is 0.118. The number of ether oxygens (including phenoxy) is 2. The van der Waals surface area contributed by atoms with E-state index in [-0.39, 0.29) is 18.5 Å². The number of benzene rings is 1. The number of piperidine rings is 1. The molecule has 4 rings (SSSR count). The highest BCUT2D eigenvalue weighted by Gasteiger charge is 2.37. The van der Waals surface area contributed by atoms with E-state index in [0.29, 0.717) is 18.5 Å². The molecule has 3 aliphatic heterocycles. The maximum Gasteiger partial charge on any atom is 0.324 e. The third kappa shape index (κ3) is 2.90. The van der Waals surface area contributed by atoms with E-state index in [1.54, 1.807) is 14.2 Å². The number of carbonyl (C=O) groups is 2. The van der Waals surface area contributed by atoms with Crippen LogP contribution in [0.3, 0.4) is 0 Å². The summed E-state index contributed by atoms with van der Waals surface area (Å²) in [5.41, 5.74) is 2.59. The van der Waals surface area contributed by atoms with E-state index in [9.17, 15) is 9.59 Å². The van der Waals surface area contributed by atoms with Crippen molar-refractivity contribution in [2.24, 2.45) is 5.92 Å². The van der Waals surface area contributed by atoms with Crippen LogP contribution in [0.1, 0.15) is 30.0 Å². The van der Waals surface area contributed by atoms with Gasteiger partial charge in [0.1, 0.15) is 0 Å². The highest BCUT2D eigenvalue weighted by molar-refractivity contribution is 6.01. The molecule has 1 aromatic rings. The lowest BCUT2D eigenvalue weighted by atomic mass is 9.81. The minimum atomic E-state index is -0.257. The molecule has 1 N–H and O–H groups in total. The maximum absolute atomic E-state index is 11.9. The summed E-state index contributed by atoms with van der Waals surface area (Å²) in [5.74, 6) is 1.73. The quantitative estimate of drug-likeness (QED) is 0.826. The number of amides is 3. The number of methoxy groups -OCH3 is 2. The molecule has 0 radical (unpaired) electrons. The number of imide groups is 1. The van der Waals surface area contributed by atoms with Crippen molar-refractivity contribution in [2.45, 2.75) is 25.3 Å². The van der Waals surface area contributed by atoms with E-state index < -0.39 is 0 Å². The van der Waals surface area contributed by atoms with Crippen molar-refractivity contribution in [2.75, 3.05) is 40.4 Å². The van der Waals surface area contributed by atoms with Gasteiger partial charge in [-0.1, -0.05) is 0 Å². The fourth-order valence-electron chi connectivity index (χ4n) is 4.47. The number of rotatable bonds is 4. The minimum Gasteiger partial charge on any atom is -0.493 e.